The molecule has 1 heterocycles. The fourth-order valence-electron chi connectivity index (χ4n) is 2.66. The summed E-state index contributed by atoms with van der Waals surface area (Å²) in [6.45, 7) is 4.52. The molecule has 0 aromatic rings. The number of halogens is 2. The van der Waals surface area contributed by atoms with E-state index in [2.05, 4.69) is 5.32 Å². The van der Waals surface area contributed by atoms with Gasteiger partial charge in [0.2, 0.25) is 15.9 Å². The van der Waals surface area contributed by atoms with Gasteiger partial charge in [-0.05, 0) is 32.6 Å². The fraction of sp³-hybridized carbons (Fsp3) is 0.923. The van der Waals surface area contributed by atoms with Crippen LogP contribution in [0.5, 0.6) is 0 Å². The lowest BCUT2D eigenvalue weighted by molar-refractivity contribution is -0.126. The number of hydrogen-bond acceptors (Lipinski definition) is 3. The molecule has 2 fully saturated rings. The zero-order valence-electron chi connectivity index (χ0n) is 12.4. The van der Waals surface area contributed by atoms with E-state index in [-0.39, 0.29) is 17.7 Å². The van der Waals surface area contributed by atoms with Crippen molar-refractivity contribution in [3.05, 3.63) is 0 Å². The summed E-state index contributed by atoms with van der Waals surface area (Å²) in [6.07, 6.45) is 2.33. The SMILES string of the molecule is CCCS(=O)(=O)N1CCC(NC(=O)C2(C)CC2(Cl)Cl)CC1. The van der Waals surface area contributed by atoms with Gasteiger partial charge >= 0.3 is 0 Å². The largest absolute Gasteiger partial charge is 0.353 e. The lowest BCUT2D eigenvalue weighted by Crippen LogP contribution is -2.48. The van der Waals surface area contributed by atoms with Crippen molar-refractivity contribution in [1.82, 2.24) is 9.62 Å². The molecule has 1 aliphatic carbocycles. The van der Waals surface area contributed by atoms with E-state index in [9.17, 15) is 13.2 Å². The van der Waals surface area contributed by atoms with Crippen molar-refractivity contribution in [3.63, 3.8) is 0 Å². The lowest BCUT2D eigenvalue weighted by Gasteiger charge is -2.32. The molecule has 0 aromatic carbocycles. The minimum atomic E-state index is -3.14. The summed E-state index contributed by atoms with van der Waals surface area (Å²) < 4.78 is 24.5. The van der Waals surface area contributed by atoms with Crippen LogP contribution in [0, 0.1) is 5.41 Å². The van der Waals surface area contributed by atoms with Gasteiger partial charge in [0.25, 0.3) is 0 Å². The van der Waals surface area contributed by atoms with Gasteiger partial charge in [-0.3, -0.25) is 4.79 Å². The van der Waals surface area contributed by atoms with E-state index in [0.717, 1.165) is 0 Å². The van der Waals surface area contributed by atoms with E-state index in [0.29, 0.717) is 38.8 Å². The van der Waals surface area contributed by atoms with Crippen molar-refractivity contribution in [2.75, 3.05) is 18.8 Å². The second-order valence-corrected chi connectivity index (χ2v) is 9.75. The highest BCUT2D eigenvalue weighted by atomic mass is 35.5. The van der Waals surface area contributed by atoms with Crippen LogP contribution in [0.15, 0.2) is 0 Å². The van der Waals surface area contributed by atoms with Crippen molar-refractivity contribution in [1.29, 1.82) is 0 Å². The van der Waals surface area contributed by atoms with Crippen LogP contribution in [0.3, 0.4) is 0 Å². The Hall–Kier alpha value is -0.0400. The second kappa shape index (κ2) is 5.87. The zero-order valence-corrected chi connectivity index (χ0v) is 14.7. The van der Waals surface area contributed by atoms with Crippen LogP contribution in [0.4, 0.5) is 0 Å². The summed E-state index contributed by atoms with van der Waals surface area (Å²) in [7, 11) is -3.14. The first-order valence-electron chi connectivity index (χ1n) is 7.29. The molecule has 8 heteroatoms. The van der Waals surface area contributed by atoms with Gasteiger partial charge in [-0.15, -0.1) is 23.2 Å². The second-order valence-electron chi connectivity index (χ2n) is 6.18. The summed E-state index contributed by atoms with van der Waals surface area (Å²) in [4.78, 5) is 12.2. The normalized spacial score (nSPS) is 30.1. The first kappa shape index (κ1) is 17.3. The first-order valence-corrected chi connectivity index (χ1v) is 9.65. The fourth-order valence-corrected chi connectivity index (χ4v) is 4.90. The average Bonchev–Trinajstić information content (AvgIpc) is 2.90. The maximum atomic E-state index is 12.2. The van der Waals surface area contributed by atoms with Gasteiger partial charge in [0.1, 0.15) is 4.33 Å². The van der Waals surface area contributed by atoms with Gasteiger partial charge in [-0.25, -0.2) is 12.7 Å². The Morgan fingerprint density at radius 2 is 1.86 bits per heavy atom. The van der Waals surface area contributed by atoms with Crippen LogP contribution in [0.1, 0.15) is 39.5 Å². The molecule has 21 heavy (non-hydrogen) atoms. The van der Waals surface area contributed by atoms with E-state index >= 15 is 0 Å². The molecule has 0 aromatic heterocycles. The Bertz CT molecular complexity index is 516. The Balaban J connectivity index is 1.84. The van der Waals surface area contributed by atoms with E-state index in [1.807, 2.05) is 6.92 Å². The molecule has 1 saturated carbocycles. The average molecular weight is 357 g/mol. The number of piperidine rings is 1. The molecule has 1 unspecified atom stereocenters. The maximum Gasteiger partial charge on any atom is 0.229 e. The number of sulfonamides is 1. The topological polar surface area (TPSA) is 66.5 Å². The van der Waals surface area contributed by atoms with Crippen molar-refractivity contribution in [2.24, 2.45) is 5.41 Å². The third kappa shape index (κ3) is 3.49. The number of alkyl halides is 2. The first-order chi connectivity index (χ1) is 9.62. The van der Waals surface area contributed by atoms with E-state index in [1.165, 1.54) is 4.31 Å². The van der Waals surface area contributed by atoms with Gasteiger partial charge < -0.3 is 5.32 Å². The molecule has 122 valence electrons. The minimum Gasteiger partial charge on any atom is -0.353 e. The summed E-state index contributed by atoms with van der Waals surface area (Å²) in [5.41, 5.74) is -0.721. The van der Waals surface area contributed by atoms with E-state index in [4.69, 9.17) is 23.2 Å². The maximum absolute atomic E-state index is 12.2. The number of nitrogens with one attached hydrogen (secondary N) is 1. The number of hydrogen-bond donors (Lipinski definition) is 1. The zero-order chi connectivity index (χ0) is 15.9. The van der Waals surface area contributed by atoms with E-state index < -0.39 is 19.8 Å². The van der Waals surface area contributed by atoms with Crippen molar-refractivity contribution >= 4 is 39.1 Å². The Morgan fingerprint density at radius 3 is 2.29 bits per heavy atom. The molecule has 2 aliphatic rings. The number of amides is 1. The highest BCUT2D eigenvalue weighted by Crippen LogP contribution is 2.63. The standard InChI is InChI=1S/C13H22Cl2N2O3S/c1-3-8-21(19,20)17-6-4-10(5-7-17)16-11(18)12(2)9-13(12,14)15/h10H,3-9H2,1-2H3,(H,16,18). The third-order valence-corrected chi connectivity index (χ3v) is 7.58. The van der Waals surface area contributed by atoms with Gasteiger partial charge in [0, 0.05) is 19.1 Å². The molecule has 0 radical (unpaired) electrons. The van der Waals surface area contributed by atoms with Crippen molar-refractivity contribution < 1.29 is 13.2 Å². The summed E-state index contributed by atoms with van der Waals surface area (Å²) in [5, 5.41) is 2.95. The molecule has 1 N–H and O–H groups in total. The van der Waals surface area contributed by atoms with Gasteiger partial charge in [-0.1, -0.05) is 6.92 Å². The molecular formula is C13H22Cl2N2O3S. The quantitative estimate of drug-likeness (QED) is 0.764. The molecule has 5 nitrogen and oxygen atoms in total. The van der Waals surface area contributed by atoms with Crippen molar-refractivity contribution in [2.45, 2.75) is 49.9 Å². The summed E-state index contributed by atoms with van der Waals surface area (Å²) in [6, 6.07) is -0.00728. The highest BCUT2D eigenvalue weighted by molar-refractivity contribution is 7.89. The predicted molar refractivity (Wildman–Crippen MR) is 84.0 cm³/mol. The number of rotatable bonds is 5. The highest BCUT2D eigenvalue weighted by Gasteiger charge is 2.68. The van der Waals surface area contributed by atoms with Crippen LogP contribution in [0.25, 0.3) is 0 Å². The molecule has 0 spiro atoms. The van der Waals surface area contributed by atoms with Gasteiger partial charge in [-0.2, -0.15) is 0 Å². The van der Waals surface area contributed by atoms with E-state index in [1.54, 1.807) is 6.92 Å². The van der Waals surface area contributed by atoms with Crippen LogP contribution in [-0.2, 0) is 14.8 Å². The third-order valence-electron chi connectivity index (χ3n) is 4.40. The monoisotopic (exact) mass is 356 g/mol. The predicted octanol–water partition coefficient (Wildman–Crippen LogP) is 1.89. The number of carbonyl (C=O) groups excluding carboxylic acids is 1. The smallest absolute Gasteiger partial charge is 0.229 e. The van der Waals surface area contributed by atoms with Crippen molar-refractivity contribution in [3.8, 4) is 0 Å². The number of nitrogens with zero attached hydrogens (tertiary/aromatic N) is 1. The molecule has 1 aliphatic heterocycles. The van der Waals surface area contributed by atoms with Crippen LogP contribution in [-0.4, -0.2) is 47.8 Å². The molecule has 2 rings (SSSR count). The Morgan fingerprint density at radius 1 is 1.33 bits per heavy atom. The lowest BCUT2D eigenvalue weighted by atomic mass is 10.0. The molecular weight excluding hydrogens is 335 g/mol. The molecule has 0 bridgehead atoms. The van der Waals surface area contributed by atoms with Gasteiger partial charge in [0.15, 0.2) is 0 Å². The molecule has 1 atom stereocenters. The van der Waals surface area contributed by atoms with Crippen LogP contribution in [0.2, 0.25) is 0 Å². The Labute approximate surface area is 136 Å². The van der Waals surface area contributed by atoms with Crippen LogP contribution < -0.4 is 5.32 Å². The van der Waals surface area contributed by atoms with Gasteiger partial charge in [0.05, 0.1) is 11.2 Å². The molecule has 1 amide bonds. The minimum absolute atomic E-state index is 0.00728. The number of carbonyl (C=O) groups is 1. The van der Waals surface area contributed by atoms with Crippen LogP contribution >= 0.6 is 23.2 Å². The summed E-state index contributed by atoms with van der Waals surface area (Å²) in [5.74, 6) is 0.0469. The molecule has 1 saturated heterocycles. The summed E-state index contributed by atoms with van der Waals surface area (Å²) >= 11 is 12.0. The Kier molecular flexibility index (Phi) is 4.84.